The highest BCUT2D eigenvalue weighted by Gasteiger charge is 2.54. The van der Waals surface area contributed by atoms with Gasteiger partial charge >= 0.3 is 17.9 Å². The number of amides is 1. The second-order valence-electron chi connectivity index (χ2n) is 15.4. The molecule has 0 fully saturated rings. The number of nitrogens with one attached hydrogen (secondary N) is 1. The largest absolute Gasteiger partial charge is 0.491 e. The number of aliphatic hydroxyl groups is 1. The molecule has 0 saturated carbocycles. The minimum absolute atomic E-state index is 0.0680. The van der Waals surface area contributed by atoms with Gasteiger partial charge in [-0.3, -0.25) is 14.4 Å². The molecule has 0 radical (unpaired) electrons. The molecule has 0 saturated heterocycles. The van der Waals surface area contributed by atoms with Gasteiger partial charge in [0.25, 0.3) is 5.91 Å². The third kappa shape index (κ3) is 8.20. The summed E-state index contributed by atoms with van der Waals surface area (Å²) < 4.78 is 42.9. The highest BCUT2D eigenvalue weighted by molar-refractivity contribution is 6.00. The standard InChI is InChI=1S/C43H45NO11/c1-25-18-26(24-45)20-30(19-25)51-17-16-50-15-14-44-37(46)27-8-11-31-34(21-27)43(55-38(31)47)32-12-9-28(52-39(48)41(2,3)4)22-35(32)54-36-23-29(10-13-33(36)43)53-40(49)42(5,6)7/h8-13,18-23,45H,14-17,24H2,1-7H3,(H,44,46)/i1D. The van der Waals surface area contributed by atoms with E-state index < -0.39 is 40.2 Å². The van der Waals surface area contributed by atoms with E-state index in [4.69, 9.17) is 29.8 Å². The Hall–Kier alpha value is -5.72. The number of ether oxygens (including phenoxy) is 6. The summed E-state index contributed by atoms with van der Waals surface area (Å²) in [6, 6.07) is 19.5. The number of esters is 3. The van der Waals surface area contributed by atoms with E-state index in [1.54, 1.807) is 102 Å². The molecule has 1 spiro atoms. The number of carbonyl (C=O) groups is 4. The summed E-state index contributed by atoms with van der Waals surface area (Å²) in [4.78, 5) is 52.6. The zero-order chi connectivity index (χ0) is 40.4. The molecule has 0 unspecified atom stereocenters. The fraction of sp³-hybridized carbons (Fsp3) is 0.349. The lowest BCUT2D eigenvalue weighted by Gasteiger charge is -2.37. The van der Waals surface area contributed by atoms with Crippen molar-refractivity contribution in [2.45, 2.75) is 60.7 Å². The molecule has 0 bridgehead atoms. The van der Waals surface area contributed by atoms with Gasteiger partial charge in [-0.05, 0) is 114 Å². The Balaban J connectivity index is 1.23. The van der Waals surface area contributed by atoms with E-state index in [9.17, 15) is 24.3 Å². The van der Waals surface area contributed by atoms with Gasteiger partial charge in [0.15, 0.2) is 5.60 Å². The van der Waals surface area contributed by atoms with Gasteiger partial charge in [0, 0.05) is 42.3 Å². The lowest BCUT2D eigenvalue weighted by atomic mass is 9.77. The summed E-state index contributed by atoms with van der Waals surface area (Å²) >= 11 is 0. The fourth-order valence-corrected chi connectivity index (χ4v) is 6.03. The molecule has 12 nitrogen and oxygen atoms in total. The van der Waals surface area contributed by atoms with Crippen LogP contribution in [0.3, 0.4) is 0 Å². The van der Waals surface area contributed by atoms with Gasteiger partial charge in [-0.15, -0.1) is 0 Å². The summed E-state index contributed by atoms with van der Waals surface area (Å²) in [7, 11) is 0. The van der Waals surface area contributed by atoms with Crippen LogP contribution in [-0.2, 0) is 31.3 Å². The number of benzene rings is 4. The molecule has 0 aromatic heterocycles. The number of hydrogen-bond acceptors (Lipinski definition) is 11. The zero-order valence-corrected chi connectivity index (χ0v) is 31.7. The lowest BCUT2D eigenvalue weighted by Crippen LogP contribution is -2.34. The predicted octanol–water partition coefficient (Wildman–Crippen LogP) is 6.78. The maximum atomic E-state index is 13.6. The molecule has 6 rings (SSSR count). The van der Waals surface area contributed by atoms with E-state index >= 15 is 0 Å². The molecule has 4 aromatic carbocycles. The topological polar surface area (TPSA) is 156 Å². The van der Waals surface area contributed by atoms with E-state index in [1.807, 2.05) is 0 Å². The summed E-state index contributed by atoms with van der Waals surface area (Å²) in [5, 5.41) is 12.3. The SMILES string of the molecule is [2H]Cc1cc(CO)cc(OCCOCCNC(=O)c2ccc3c(c2)C2(OC3=O)c3ccc(OC(=O)C(C)(C)C)cc3Oc3cc(OC(=O)C(C)(C)C)ccc32)c1. The van der Waals surface area contributed by atoms with Crippen molar-refractivity contribution in [3.8, 4) is 28.7 Å². The van der Waals surface area contributed by atoms with Gasteiger partial charge in [-0.25, -0.2) is 4.79 Å². The van der Waals surface area contributed by atoms with Crippen LogP contribution in [0.4, 0.5) is 0 Å². The maximum absolute atomic E-state index is 13.6. The lowest BCUT2D eigenvalue weighted by molar-refractivity contribution is -0.143. The van der Waals surface area contributed by atoms with Crippen LogP contribution in [0.5, 0.6) is 28.7 Å². The Kier molecular flexibility index (Phi) is 10.4. The van der Waals surface area contributed by atoms with Crippen molar-refractivity contribution >= 4 is 23.8 Å². The highest BCUT2D eigenvalue weighted by Crippen LogP contribution is 2.57. The molecule has 0 aliphatic carbocycles. The van der Waals surface area contributed by atoms with Crippen LogP contribution in [0.25, 0.3) is 0 Å². The second-order valence-corrected chi connectivity index (χ2v) is 15.4. The van der Waals surface area contributed by atoms with Crippen molar-refractivity contribution in [3.05, 3.63) is 112 Å². The van der Waals surface area contributed by atoms with Crippen LogP contribution in [0.1, 0.15) is 91.4 Å². The minimum Gasteiger partial charge on any atom is -0.491 e. The number of carbonyl (C=O) groups excluding carboxylic acids is 4. The molecule has 0 atom stereocenters. The van der Waals surface area contributed by atoms with E-state index in [2.05, 4.69) is 5.32 Å². The molecular weight excluding hydrogens is 706 g/mol. The minimum atomic E-state index is -1.58. The molecule has 4 aromatic rings. The maximum Gasteiger partial charge on any atom is 0.340 e. The normalized spacial score (nSPS) is 14.1. The monoisotopic (exact) mass is 752 g/mol. The van der Waals surface area contributed by atoms with Crippen LogP contribution in [0.2, 0.25) is 0 Å². The Labute approximate surface area is 321 Å². The van der Waals surface area contributed by atoms with Crippen molar-refractivity contribution in [1.82, 2.24) is 5.32 Å². The first-order valence-corrected chi connectivity index (χ1v) is 17.8. The van der Waals surface area contributed by atoms with Gasteiger partial charge in [0.1, 0.15) is 35.4 Å². The molecule has 12 heteroatoms. The Morgan fingerprint density at radius 1 is 0.764 bits per heavy atom. The second kappa shape index (κ2) is 15.2. The number of aryl methyl sites for hydroxylation is 1. The Morgan fingerprint density at radius 3 is 1.98 bits per heavy atom. The molecule has 55 heavy (non-hydrogen) atoms. The van der Waals surface area contributed by atoms with E-state index in [0.717, 1.165) is 5.56 Å². The molecular formula is C43H45NO11. The average Bonchev–Trinajstić information content (AvgIpc) is 3.44. The van der Waals surface area contributed by atoms with Crippen LogP contribution < -0.4 is 24.3 Å². The summed E-state index contributed by atoms with van der Waals surface area (Å²) in [6.07, 6.45) is 0. The molecule has 1 amide bonds. The Bertz CT molecular complexity index is 2080. The quantitative estimate of drug-likeness (QED) is 0.0946. The number of rotatable bonds is 11. The number of fused-ring (bicyclic) bond motifs is 6. The van der Waals surface area contributed by atoms with Gasteiger partial charge in [0.2, 0.25) is 0 Å². The predicted molar refractivity (Wildman–Crippen MR) is 201 cm³/mol. The van der Waals surface area contributed by atoms with E-state index in [-0.39, 0.29) is 74.0 Å². The van der Waals surface area contributed by atoms with Crippen molar-refractivity contribution < 1.29 is 54.1 Å². The first-order chi connectivity index (χ1) is 26.5. The molecule has 288 valence electrons. The van der Waals surface area contributed by atoms with Crippen LogP contribution in [0.15, 0.2) is 72.8 Å². The molecule has 2 N–H and O–H groups in total. The van der Waals surface area contributed by atoms with Gasteiger partial charge in [0.05, 0.1) is 36.2 Å². The highest BCUT2D eigenvalue weighted by atomic mass is 16.6. The van der Waals surface area contributed by atoms with Gasteiger partial charge < -0.3 is 38.8 Å². The van der Waals surface area contributed by atoms with Crippen LogP contribution >= 0.6 is 0 Å². The number of hydrogen-bond donors (Lipinski definition) is 2. The van der Waals surface area contributed by atoms with E-state index in [1.165, 1.54) is 12.1 Å². The average molecular weight is 753 g/mol. The van der Waals surface area contributed by atoms with Gasteiger partial charge in [-0.1, -0.05) is 6.07 Å². The van der Waals surface area contributed by atoms with Crippen molar-refractivity contribution in [2.75, 3.05) is 26.4 Å². The first-order valence-electron chi connectivity index (χ1n) is 18.5. The molecule has 2 aliphatic heterocycles. The third-order valence-corrected chi connectivity index (χ3v) is 8.89. The van der Waals surface area contributed by atoms with Crippen molar-refractivity contribution in [1.29, 1.82) is 0 Å². The van der Waals surface area contributed by atoms with Crippen molar-refractivity contribution in [3.63, 3.8) is 0 Å². The molecule has 2 heterocycles. The van der Waals surface area contributed by atoms with E-state index in [0.29, 0.717) is 28.0 Å². The van der Waals surface area contributed by atoms with Gasteiger partial charge in [-0.2, -0.15) is 0 Å². The number of aliphatic hydroxyl groups excluding tert-OH is 1. The fourth-order valence-electron chi connectivity index (χ4n) is 6.03. The third-order valence-electron chi connectivity index (χ3n) is 8.89. The first kappa shape index (κ1) is 37.6. The van der Waals surface area contributed by atoms with Crippen LogP contribution in [-0.4, -0.2) is 55.3 Å². The van der Waals surface area contributed by atoms with Crippen LogP contribution in [0, 0.1) is 17.7 Å². The molecule has 2 aliphatic rings. The summed E-state index contributed by atoms with van der Waals surface area (Å²) in [5.41, 5.74) is 0.0141. The summed E-state index contributed by atoms with van der Waals surface area (Å²) in [6.45, 7) is 11.2. The summed E-state index contributed by atoms with van der Waals surface area (Å²) in [5.74, 6) is -0.547. The Morgan fingerprint density at radius 2 is 1.40 bits per heavy atom. The van der Waals surface area contributed by atoms with Crippen molar-refractivity contribution in [2.24, 2.45) is 10.8 Å². The smallest absolute Gasteiger partial charge is 0.340 e. The zero-order valence-electron chi connectivity index (χ0n) is 32.7.